The molecule has 0 aliphatic rings. The van der Waals surface area contributed by atoms with Crippen molar-refractivity contribution in [3.05, 3.63) is 58.7 Å². The van der Waals surface area contributed by atoms with Crippen LogP contribution in [0.4, 0.5) is 19.3 Å². The van der Waals surface area contributed by atoms with Gasteiger partial charge in [-0.25, -0.2) is 18.4 Å². The average molecular weight is 535 g/mol. The number of benzene rings is 2. The summed E-state index contributed by atoms with van der Waals surface area (Å²) in [6.45, 7) is 9.67. The lowest BCUT2D eigenvalue weighted by Gasteiger charge is -2.24. The summed E-state index contributed by atoms with van der Waals surface area (Å²) in [4.78, 5) is 26.0. The zero-order valence-electron chi connectivity index (χ0n) is 23.0. The van der Waals surface area contributed by atoms with E-state index in [4.69, 9.17) is 9.47 Å². The largest absolute Gasteiger partial charge is 0.492 e. The molecule has 1 atom stereocenters. The molecule has 0 aliphatic carbocycles. The number of carboxylic acids is 1. The van der Waals surface area contributed by atoms with Gasteiger partial charge in [0.05, 0.1) is 6.54 Å². The first-order valence-electron chi connectivity index (χ1n) is 13.0. The van der Waals surface area contributed by atoms with E-state index in [1.54, 1.807) is 36.1 Å². The molecule has 2 aromatic rings. The van der Waals surface area contributed by atoms with Gasteiger partial charge in [0.25, 0.3) is 0 Å². The van der Waals surface area contributed by atoms with Crippen molar-refractivity contribution in [1.82, 2.24) is 4.90 Å². The summed E-state index contributed by atoms with van der Waals surface area (Å²) >= 11 is 0. The Morgan fingerprint density at radius 1 is 1.03 bits per heavy atom. The summed E-state index contributed by atoms with van der Waals surface area (Å²) in [6, 6.07) is 10.7. The van der Waals surface area contributed by atoms with Crippen LogP contribution in [0.1, 0.15) is 55.4 Å². The summed E-state index contributed by atoms with van der Waals surface area (Å²) in [7, 11) is 0. The number of carbonyl (C=O) groups excluding carboxylic acids is 1. The Morgan fingerprint density at radius 3 is 2.29 bits per heavy atom. The summed E-state index contributed by atoms with van der Waals surface area (Å²) in [5.41, 5.74) is 4.65. The first kappa shape index (κ1) is 31.0. The number of aryl methyl sites for hydroxylation is 3. The molecule has 0 heterocycles. The first-order chi connectivity index (χ1) is 17.9. The predicted molar refractivity (Wildman–Crippen MR) is 144 cm³/mol. The fraction of sp³-hybridized carbons (Fsp3) is 0.517. The van der Waals surface area contributed by atoms with E-state index in [9.17, 15) is 23.5 Å². The van der Waals surface area contributed by atoms with Gasteiger partial charge in [0.2, 0.25) is 5.92 Å². The van der Waals surface area contributed by atoms with E-state index in [1.165, 1.54) is 0 Å². The van der Waals surface area contributed by atoms with Gasteiger partial charge in [-0.05, 0) is 87.9 Å². The number of anilines is 1. The summed E-state index contributed by atoms with van der Waals surface area (Å²) < 4.78 is 37.5. The number of urea groups is 1. The third-order valence-electron chi connectivity index (χ3n) is 6.28. The minimum Gasteiger partial charge on any atom is -0.492 e. The van der Waals surface area contributed by atoms with Crippen molar-refractivity contribution in [3.63, 3.8) is 0 Å². The minimum absolute atomic E-state index is 0.208. The number of unbranched alkanes of at least 4 members (excludes halogenated alkanes) is 1. The molecule has 0 fully saturated rings. The van der Waals surface area contributed by atoms with Crippen LogP contribution in [0, 0.1) is 20.8 Å². The average Bonchev–Trinajstić information content (AvgIpc) is 2.83. The highest BCUT2D eigenvalue weighted by Gasteiger charge is 2.21. The van der Waals surface area contributed by atoms with E-state index in [-0.39, 0.29) is 32.0 Å². The molecule has 0 bridgehead atoms. The number of carboxylic acid groups (broad SMARTS) is 1. The molecular formula is C29H40F2N2O5. The van der Waals surface area contributed by atoms with Crippen LogP contribution in [0.2, 0.25) is 0 Å². The molecule has 0 saturated carbocycles. The van der Waals surface area contributed by atoms with Gasteiger partial charge >= 0.3 is 12.0 Å². The van der Waals surface area contributed by atoms with Crippen LogP contribution in [0.3, 0.4) is 0 Å². The highest BCUT2D eigenvalue weighted by Crippen LogP contribution is 2.22. The number of hydrogen-bond acceptors (Lipinski definition) is 4. The second-order valence-electron chi connectivity index (χ2n) is 9.67. The minimum atomic E-state index is -2.73. The Labute approximate surface area is 224 Å². The monoisotopic (exact) mass is 534 g/mol. The molecule has 2 rings (SSSR count). The van der Waals surface area contributed by atoms with E-state index in [1.807, 2.05) is 32.9 Å². The fourth-order valence-electron chi connectivity index (χ4n) is 3.97. The van der Waals surface area contributed by atoms with Gasteiger partial charge in [0.15, 0.2) is 6.10 Å². The van der Waals surface area contributed by atoms with E-state index in [0.717, 1.165) is 29.2 Å². The van der Waals surface area contributed by atoms with Gasteiger partial charge in [0, 0.05) is 31.7 Å². The zero-order valence-corrected chi connectivity index (χ0v) is 23.0. The van der Waals surface area contributed by atoms with Crippen LogP contribution in [0.15, 0.2) is 36.4 Å². The van der Waals surface area contributed by atoms with Gasteiger partial charge in [-0.2, -0.15) is 0 Å². The standard InChI is InChI=1S/C29H40F2N2O5/c1-6-37-26(27(34)35)19-23-9-11-24(12-10-23)38-16-15-33(14-8-7-13-29(5,30)31)28(36)32-25-18-21(3)20(2)17-22(25)4/h9-12,17-18,26H,6-8,13-16,19H2,1-5H3,(H,32,36)(H,34,35). The Balaban J connectivity index is 1.99. The second kappa shape index (κ2) is 14.7. The van der Waals surface area contributed by atoms with Crippen molar-refractivity contribution in [2.24, 2.45) is 0 Å². The van der Waals surface area contributed by atoms with Crippen LogP contribution >= 0.6 is 0 Å². The summed E-state index contributed by atoms with van der Waals surface area (Å²) in [5.74, 6) is -3.16. The number of rotatable bonds is 15. The molecule has 38 heavy (non-hydrogen) atoms. The molecular weight excluding hydrogens is 494 g/mol. The Hall–Kier alpha value is -3.20. The predicted octanol–water partition coefficient (Wildman–Crippen LogP) is 6.38. The first-order valence-corrected chi connectivity index (χ1v) is 13.0. The molecule has 0 spiro atoms. The lowest BCUT2D eigenvalue weighted by Crippen LogP contribution is -2.38. The number of nitrogens with one attached hydrogen (secondary N) is 1. The maximum atomic E-state index is 13.2. The lowest BCUT2D eigenvalue weighted by atomic mass is 10.1. The topological polar surface area (TPSA) is 88.1 Å². The Morgan fingerprint density at radius 2 is 1.68 bits per heavy atom. The molecule has 210 valence electrons. The van der Waals surface area contributed by atoms with Crippen molar-refractivity contribution in [3.8, 4) is 5.75 Å². The maximum absolute atomic E-state index is 13.2. The number of alkyl halides is 2. The molecule has 7 nitrogen and oxygen atoms in total. The number of amides is 2. The van der Waals surface area contributed by atoms with E-state index in [2.05, 4.69) is 5.32 Å². The molecule has 2 aromatic carbocycles. The third-order valence-corrected chi connectivity index (χ3v) is 6.28. The molecule has 2 amide bonds. The third kappa shape index (κ3) is 10.7. The smallest absolute Gasteiger partial charge is 0.333 e. The number of hydrogen-bond donors (Lipinski definition) is 2. The summed E-state index contributed by atoms with van der Waals surface area (Å²) in [6.07, 6.45) is -0.147. The number of ether oxygens (including phenoxy) is 2. The summed E-state index contributed by atoms with van der Waals surface area (Å²) in [5, 5.41) is 12.2. The molecule has 9 heteroatoms. The molecule has 1 unspecified atom stereocenters. The van der Waals surface area contributed by atoms with Crippen LogP contribution in [0.5, 0.6) is 5.75 Å². The molecule has 0 aliphatic heterocycles. The van der Waals surface area contributed by atoms with E-state index < -0.39 is 18.0 Å². The number of nitrogens with zero attached hydrogens (tertiary/aromatic N) is 1. The van der Waals surface area contributed by atoms with E-state index >= 15 is 0 Å². The van der Waals surface area contributed by atoms with Gasteiger partial charge in [0.1, 0.15) is 12.4 Å². The highest BCUT2D eigenvalue weighted by atomic mass is 19.3. The zero-order chi connectivity index (χ0) is 28.3. The van der Waals surface area contributed by atoms with Crippen LogP contribution in [-0.4, -0.2) is 60.3 Å². The quantitative estimate of drug-likeness (QED) is 0.259. The van der Waals surface area contributed by atoms with Gasteiger partial charge in [-0.1, -0.05) is 18.2 Å². The maximum Gasteiger partial charge on any atom is 0.333 e. The van der Waals surface area contributed by atoms with Crippen molar-refractivity contribution in [1.29, 1.82) is 0 Å². The van der Waals surface area contributed by atoms with Crippen LogP contribution in [-0.2, 0) is 16.0 Å². The molecule has 2 N–H and O–H groups in total. The van der Waals surface area contributed by atoms with Crippen molar-refractivity contribution in [2.45, 2.75) is 72.3 Å². The molecule has 0 aromatic heterocycles. The van der Waals surface area contributed by atoms with Crippen LogP contribution in [0.25, 0.3) is 0 Å². The molecule has 0 saturated heterocycles. The second-order valence-corrected chi connectivity index (χ2v) is 9.67. The normalized spacial score (nSPS) is 12.2. The van der Waals surface area contributed by atoms with Crippen LogP contribution < -0.4 is 10.1 Å². The van der Waals surface area contributed by atoms with Crippen molar-refractivity contribution in [2.75, 3.05) is 31.6 Å². The van der Waals surface area contributed by atoms with E-state index in [0.29, 0.717) is 37.4 Å². The lowest BCUT2D eigenvalue weighted by molar-refractivity contribution is -0.149. The number of carbonyl (C=O) groups is 2. The van der Waals surface area contributed by atoms with Gasteiger partial charge in [-0.15, -0.1) is 0 Å². The molecule has 0 radical (unpaired) electrons. The fourth-order valence-corrected chi connectivity index (χ4v) is 3.97. The SMILES string of the molecule is CCOC(Cc1ccc(OCCN(CCCCC(C)(F)F)C(=O)Nc2cc(C)c(C)cc2C)cc1)C(=O)O. The highest BCUT2D eigenvalue weighted by molar-refractivity contribution is 5.90. The van der Waals surface area contributed by atoms with Gasteiger partial charge < -0.3 is 24.8 Å². The van der Waals surface area contributed by atoms with Gasteiger partial charge in [-0.3, -0.25) is 0 Å². The Kier molecular flexibility index (Phi) is 12.0. The number of aliphatic carboxylic acids is 1. The number of halogens is 2. The van der Waals surface area contributed by atoms with Crippen molar-refractivity contribution >= 4 is 17.7 Å². The Bertz CT molecular complexity index is 1050. The van der Waals surface area contributed by atoms with Crippen molar-refractivity contribution < 1.29 is 33.0 Å².